The van der Waals surface area contributed by atoms with Gasteiger partial charge in [-0.25, -0.2) is 0 Å². The van der Waals surface area contributed by atoms with E-state index in [1.807, 2.05) is 18.2 Å². The van der Waals surface area contributed by atoms with Gasteiger partial charge in [-0.1, -0.05) is 37.6 Å². The lowest BCUT2D eigenvalue weighted by atomic mass is 10.2. The van der Waals surface area contributed by atoms with Crippen LogP contribution in [0.5, 0.6) is 0 Å². The smallest absolute Gasteiger partial charge is 0.0791 e. The maximum absolute atomic E-state index is 10.0. The third-order valence-electron chi connectivity index (χ3n) is 3.80. The number of piperazine rings is 1. The molecule has 0 spiro atoms. The van der Waals surface area contributed by atoms with E-state index in [0.717, 1.165) is 43.4 Å². The first-order valence-electron chi connectivity index (χ1n) is 7.69. The van der Waals surface area contributed by atoms with Crippen molar-refractivity contribution in [3.05, 3.63) is 29.3 Å². The summed E-state index contributed by atoms with van der Waals surface area (Å²) in [6, 6.07) is 8.40. The van der Waals surface area contributed by atoms with Gasteiger partial charge in [0.2, 0.25) is 0 Å². The normalized spacial score (nSPS) is 18.2. The van der Waals surface area contributed by atoms with E-state index in [2.05, 4.69) is 35.0 Å². The largest absolute Gasteiger partial charge is 0.390 e. The van der Waals surface area contributed by atoms with Crippen LogP contribution >= 0.6 is 11.6 Å². The maximum atomic E-state index is 10.0. The van der Waals surface area contributed by atoms with Crippen molar-refractivity contribution in [2.24, 2.45) is 0 Å². The molecule has 1 aliphatic rings. The molecule has 118 valence electrons. The highest BCUT2D eigenvalue weighted by atomic mass is 35.5. The molecular formula is C16H26ClN3O. The fraction of sp³-hybridized carbons (Fsp3) is 0.625. The van der Waals surface area contributed by atoms with Crippen LogP contribution in [-0.4, -0.2) is 61.4 Å². The highest BCUT2D eigenvalue weighted by Gasteiger charge is 2.20. The Morgan fingerprint density at radius 1 is 1.19 bits per heavy atom. The number of nitrogens with zero attached hydrogens (tertiary/aromatic N) is 2. The summed E-state index contributed by atoms with van der Waals surface area (Å²) in [5, 5.41) is 14.1. The molecule has 1 aliphatic heterocycles. The van der Waals surface area contributed by atoms with Gasteiger partial charge >= 0.3 is 0 Å². The molecule has 1 heterocycles. The fourth-order valence-corrected chi connectivity index (χ4v) is 2.87. The summed E-state index contributed by atoms with van der Waals surface area (Å²) in [5.74, 6) is 0. The number of hydrogen-bond acceptors (Lipinski definition) is 4. The van der Waals surface area contributed by atoms with Crippen LogP contribution in [-0.2, 0) is 0 Å². The topological polar surface area (TPSA) is 38.7 Å². The minimum atomic E-state index is -0.306. The number of β-amino-alcohol motifs (C(OH)–C–C–N with tert-alkyl or cyclic N) is 1. The summed E-state index contributed by atoms with van der Waals surface area (Å²) in [6.07, 6.45) is -0.306. The molecule has 2 N–H and O–H groups in total. The van der Waals surface area contributed by atoms with Crippen LogP contribution in [0.1, 0.15) is 13.8 Å². The number of nitrogens with one attached hydrogen (secondary N) is 1. The average molecular weight is 312 g/mol. The fourth-order valence-electron chi connectivity index (χ4n) is 2.61. The molecule has 1 fully saturated rings. The van der Waals surface area contributed by atoms with Gasteiger partial charge in [-0.15, -0.1) is 0 Å². The molecule has 0 aliphatic carbocycles. The van der Waals surface area contributed by atoms with Crippen molar-refractivity contribution in [1.29, 1.82) is 0 Å². The van der Waals surface area contributed by atoms with Gasteiger partial charge < -0.3 is 15.3 Å². The van der Waals surface area contributed by atoms with Crippen LogP contribution in [0.15, 0.2) is 24.3 Å². The molecule has 1 saturated heterocycles. The monoisotopic (exact) mass is 311 g/mol. The van der Waals surface area contributed by atoms with Gasteiger partial charge in [-0.2, -0.15) is 0 Å². The van der Waals surface area contributed by atoms with Crippen molar-refractivity contribution in [2.45, 2.75) is 26.0 Å². The first kappa shape index (κ1) is 16.6. The molecule has 0 aromatic heterocycles. The van der Waals surface area contributed by atoms with Crippen LogP contribution in [0.4, 0.5) is 5.69 Å². The van der Waals surface area contributed by atoms with Gasteiger partial charge in [0.25, 0.3) is 0 Å². The first-order chi connectivity index (χ1) is 10.1. The predicted molar refractivity (Wildman–Crippen MR) is 89.3 cm³/mol. The van der Waals surface area contributed by atoms with Crippen LogP contribution < -0.4 is 10.2 Å². The van der Waals surface area contributed by atoms with Gasteiger partial charge in [-0.3, -0.25) is 4.90 Å². The van der Waals surface area contributed by atoms with E-state index in [9.17, 15) is 5.11 Å². The van der Waals surface area contributed by atoms with E-state index in [1.54, 1.807) is 0 Å². The first-order valence-corrected chi connectivity index (χ1v) is 8.07. The zero-order chi connectivity index (χ0) is 15.2. The summed E-state index contributed by atoms with van der Waals surface area (Å²) < 4.78 is 0. The van der Waals surface area contributed by atoms with Crippen molar-refractivity contribution in [3.8, 4) is 0 Å². The molecule has 0 saturated carbocycles. The second-order valence-corrected chi connectivity index (χ2v) is 6.36. The maximum Gasteiger partial charge on any atom is 0.0791 e. The lowest BCUT2D eigenvalue weighted by molar-refractivity contribution is 0.106. The van der Waals surface area contributed by atoms with Crippen LogP contribution in [0.25, 0.3) is 0 Å². The van der Waals surface area contributed by atoms with Gasteiger partial charge in [0, 0.05) is 45.3 Å². The number of hydrogen-bond donors (Lipinski definition) is 2. The Balaban J connectivity index is 1.77. The molecular weight excluding hydrogens is 286 g/mol. The number of anilines is 1. The van der Waals surface area contributed by atoms with Crippen LogP contribution in [0.2, 0.25) is 5.02 Å². The van der Waals surface area contributed by atoms with E-state index in [4.69, 9.17) is 11.6 Å². The zero-order valence-corrected chi connectivity index (χ0v) is 13.7. The minimum Gasteiger partial charge on any atom is -0.390 e. The Hall–Kier alpha value is -0.810. The molecule has 1 atom stereocenters. The SMILES string of the molecule is CC(C)NCC(O)CN1CCN(c2ccccc2Cl)CC1. The lowest BCUT2D eigenvalue weighted by Gasteiger charge is -2.37. The number of para-hydroxylation sites is 1. The summed E-state index contributed by atoms with van der Waals surface area (Å²) in [6.45, 7) is 9.40. The highest BCUT2D eigenvalue weighted by molar-refractivity contribution is 6.33. The van der Waals surface area contributed by atoms with E-state index in [1.165, 1.54) is 0 Å². The molecule has 2 rings (SSSR count). The van der Waals surface area contributed by atoms with Crippen LogP contribution in [0, 0.1) is 0 Å². The van der Waals surface area contributed by atoms with Gasteiger partial charge in [0.1, 0.15) is 0 Å². The number of halogens is 1. The van der Waals surface area contributed by atoms with E-state index in [0.29, 0.717) is 12.6 Å². The predicted octanol–water partition coefficient (Wildman–Crippen LogP) is 1.82. The Morgan fingerprint density at radius 2 is 1.86 bits per heavy atom. The molecule has 1 aromatic carbocycles. The molecule has 4 nitrogen and oxygen atoms in total. The summed E-state index contributed by atoms with van der Waals surface area (Å²) in [5.41, 5.74) is 1.11. The lowest BCUT2D eigenvalue weighted by Crippen LogP contribution is -2.50. The highest BCUT2D eigenvalue weighted by Crippen LogP contribution is 2.25. The molecule has 21 heavy (non-hydrogen) atoms. The van der Waals surface area contributed by atoms with E-state index >= 15 is 0 Å². The second-order valence-electron chi connectivity index (χ2n) is 5.96. The zero-order valence-electron chi connectivity index (χ0n) is 12.9. The van der Waals surface area contributed by atoms with E-state index in [-0.39, 0.29) is 6.10 Å². The van der Waals surface area contributed by atoms with Crippen molar-refractivity contribution < 1.29 is 5.11 Å². The second kappa shape index (κ2) is 7.99. The van der Waals surface area contributed by atoms with Crippen molar-refractivity contribution in [1.82, 2.24) is 10.2 Å². The van der Waals surface area contributed by atoms with Crippen LogP contribution in [0.3, 0.4) is 0 Å². The van der Waals surface area contributed by atoms with Gasteiger partial charge in [0.15, 0.2) is 0 Å². The summed E-state index contributed by atoms with van der Waals surface area (Å²) in [4.78, 5) is 4.64. The van der Waals surface area contributed by atoms with Crippen molar-refractivity contribution >= 4 is 17.3 Å². The Labute approximate surface area is 132 Å². The third-order valence-corrected chi connectivity index (χ3v) is 4.12. The quantitative estimate of drug-likeness (QED) is 0.840. The molecule has 0 amide bonds. The number of aliphatic hydroxyl groups excluding tert-OH is 1. The van der Waals surface area contributed by atoms with Gasteiger partial charge in [0.05, 0.1) is 16.8 Å². The molecule has 1 aromatic rings. The molecule has 5 heteroatoms. The van der Waals surface area contributed by atoms with E-state index < -0.39 is 0 Å². The average Bonchev–Trinajstić information content (AvgIpc) is 2.47. The Bertz CT molecular complexity index is 433. The molecule has 1 unspecified atom stereocenters. The number of aliphatic hydroxyl groups is 1. The van der Waals surface area contributed by atoms with Gasteiger partial charge in [-0.05, 0) is 12.1 Å². The number of rotatable bonds is 6. The molecule has 0 bridgehead atoms. The Kier molecular flexibility index (Phi) is 6.30. The molecule has 0 radical (unpaired) electrons. The summed E-state index contributed by atoms with van der Waals surface area (Å²) in [7, 11) is 0. The minimum absolute atomic E-state index is 0.306. The summed E-state index contributed by atoms with van der Waals surface area (Å²) >= 11 is 6.25. The Morgan fingerprint density at radius 3 is 2.48 bits per heavy atom. The van der Waals surface area contributed by atoms with Crippen molar-refractivity contribution in [2.75, 3.05) is 44.2 Å². The number of benzene rings is 1. The standard InChI is InChI=1S/C16H26ClN3O/c1-13(2)18-11-14(21)12-19-7-9-20(10-8-19)16-6-4-3-5-15(16)17/h3-6,13-14,18,21H,7-12H2,1-2H3. The third kappa shape index (κ3) is 5.15. The van der Waals surface area contributed by atoms with Crippen molar-refractivity contribution in [3.63, 3.8) is 0 Å².